The topological polar surface area (TPSA) is 106 Å². The van der Waals surface area contributed by atoms with Gasteiger partial charge in [0.2, 0.25) is 5.91 Å². The predicted molar refractivity (Wildman–Crippen MR) is 121 cm³/mol. The molecule has 1 aliphatic rings. The van der Waals surface area contributed by atoms with Crippen LogP contribution in [-0.2, 0) is 21.5 Å². The third kappa shape index (κ3) is 5.19. The Morgan fingerprint density at radius 3 is 2.39 bits per heavy atom. The van der Waals surface area contributed by atoms with Crippen LogP contribution in [0.2, 0.25) is 0 Å². The van der Waals surface area contributed by atoms with Crippen LogP contribution in [0, 0.1) is 0 Å². The molecule has 1 aliphatic heterocycles. The smallest absolute Gasteiger partial charge is 0.325 e. The van der Waals surface area contributed by atoms with E-state index in [4.69, 9.17) is 14.2 Å². The van der Waals surface area contributed by atoms with Crippen molar-refractivity contribution in [1.29, 1.82) is 0 Å². The Bertz CT molecular complexity index is 1020. The standard InChI is InChI=1S/C24H29N3O6/c1-5-33-18-9-7-17(8-10-18)24(2)22(29)27(23(30)26-24)15-21(28)25-13-12-16-6-11-19(31-3)20(14-16)32-4/h6-11,14H,5,12-13,15H2,1-4H3,(H,25,28)(H,26,30)/t24-/m0/s1. The van der Waals surface area contributed by atoms with Gasteiger partial charge in [0.1, 0.15) is 17.8 Å². The zero-order valence-corrected chi connectivity index (χ0v) is 19.3. The molecule has 9 heteroatoms. The number of hydrogen-bond donors (Lipinski definition) is 2. The second-order valence-electron chi connectivity index (χ2n) is 7.69. The largest absolute Gasteiger partial charge is 0.494 e. The van der Waals surface area contributed by atoms with Crippen molar-refractivity contribution >= 4 is 17.8 Å². The first-order chi connectivity index (χ1) is 15.8. The monoisotopic (exact) mass is 455 g/mol. The number of imide groups is 1. The Kier molecular flexibility index (Phi) is 7.42. The molecule has 0 radical (unpaired) electrons. The number of hydrogen-bond acceptors (Lipinski definition) is 6. The number of urea groups is 1. The third-order valence-electron chi connectivity index (χ3n) is 5.50. The molecular weight excluding hydrogens is 426 g/mol. The molecule has 4 amide bonds. The van der Waals surface area contributed by atoms with Crippen LogP contribution in [-0.4, -0.2) is 56.7 Å². The van der Waals surface area contributed by atoms with Crippen LogP contribution >= 0.6 is 0 Å². The minimum atomic E-state index is -1.25. The molecule has 0 spiro atoms. The molecule has 1 atom stereocenters. The molecule has 0 unspecified atom stereocenters. The van der Waals surface area contributed by atoms with Gasteiger partial charge < -0.3 is 24.8 Å². The highest BCUT2D eigenvalue weighted by Crippen LogP contribution is 2.30. The number of nitrogens with zero attached hydrogens (tertiary/aromatic N) is 1. The molecule has 176 valence electrons. The number of amides is 4. The highest BCUT2D eigenvalue weighted by Gasteiger charge is 2.49. The predicted octanol–water partition coefficient (Wildman–Crippen LogP) is 2.23. The molecular formula is C24H29N3O6. The van der Waals surface area contributed by atoms with Crippen molar-refractivity contribution < 1.29 is 28.6 Å². The molecule has 1 saturated heterocycles. The Hall–Kier alpha value is -3.75. The lowest BCUT2D eigenvalue weighted by molar-refractivity contribution is -0.134. The Morgan fingerprint density at radius 2 is 1.76 bits per heavy atom. The van der Waals surface area contributed by atoms with Crippen LogP contribution in [0.25, 0.3) is 0 Å². The molecule has 2 aromatic rings. The van der Waals surface area contributed by atoms with Crippen molar-refractivity contribution in [3.63, 3.8) is 0 Å². The summed E-state index contributed by atoms with van der Waals surface area (Å²) in [5.74, 6) is 1.00. The second kappa shape index (κ2) is 10.2. The molecule has 0 saturated carbocycles. The van der Waals surface area contributed by atoms with Gasteiger partial charge in [-0.25, -0.2) is 4.79 Å². The molecule has 2 N–H and O–H groups in total. The van der Waals surface area contributed by atoms with E-state index in [1.807, 2.05) is 19.1 Å². The van der Waals surface area contributed by atoms with Crippen LogP contribution in [0.3, 0.4) is 0 Å². The highest BCUT2D eigenvalue weighted by atomic mass is 16.5. The van der Waals surface area contributed by atoms with Gasteiger partial charge in [0.25, 0.3) is 5.91 Å². The maximum Gasteiger partial charge on any atom is 0.325 e. The normalized spacial score (nSPS) is 17.5. The minimum absolute atomic E-state index is 0.341. The van der Waals surface area contributed by atoms with E-state index in [1.54, 1.807) is 51.5 Å². The fraction of sp³-hybridized carbons (Fsp3) is 0.375. The van der Waals surface area contributed by atoms with E-state index in [9.17, 15) is 14.4 Å². The van der Waals surface area contributed by atoms with Gasteiger partial charge in [-0.3, -0.25) is 14.5 Å². The van der Waals surface area contributed by atoms with Crippen molar-refractivity contribution in [1.82, 2.24) is 15.5 Å². The lowest BCUT2D eigenvalue weighted by Gasteiger charge is -2.22. The van der Waals surface area contributed by atoms with Crippen LogP contribution in [0.1, 0.15) is 25.0 Å². The summed E-state index contributed by atoms with van der Waals surface area (Å²) in [5.41, 5.74) is 0.313. The maximum atomic E-state index is 13.0. The zero-order valence-electron chi connectivity index (χ0n) is 19.3. The number of ether oxygens (including phenoxy) is 3. The van der Waals surface area contributed by atoms with Crippen molar-refractivity contribution in [2.24, 2.45) is 0 Å². The van der Waals surface area contributed by atoms with Crippen molar-refractivity contribution in [3.8, 4) is 17.2 Å². The number of carbonyl (C=O) groups excluding carboxylic acids is 3. The van der Waals surface area contributed by atoms with Crippen LogP contribution < -0.4 is 24.8 Å². The summed E-state index contributed by atoms with van der Waals surface area (Å²) in [6.45, 7) is 4.02. The van der Waals surface area contributed by atoms with E-state index in [0.29, 0.717) is 42.4 Å². The van der Waals surface area contributed by atoms with Gasteiger partial charge >= 0.3 is 6.03 Å². The number of methoxy groups -OCH3 is 2. The molecule has 0 bridgehead atoms. The average Bonchev–Trinajstić information content (AvgIpc) is 3.03. The van der Waals surface area contributed by atoms with Crippen molar-refractivity contribution in [2.75, 3.05) is 33.9 Å². The van der Waals surface area contributed by atoms with Gasteiger partial charge in [-0.2, -0.15) is 0 Å². The Balaban J connectivity index is 1.57. The Morgan fingerprint density at radius 1 is 1.06 bits per heavy atom. The van der Waals surface area contributed by atoms with Crippen LogP contribution in [0.4, 0.5) is 4.79 Å². The van der Waals surface area contributed by atoms with E-state index < -0.39 is 23.4 Å². The number of rotatable bonds is 10. The van der Waals surface area contributed by atoms with Gasteiger partial charge in [0, 0.05) is 6.54 Å². The zero-order chi connectivity index (χ0) is 24.0. The summed E-state index contributed by atoms with van der Waals surface area (Å²) < 4.78 is 15.9. The minimum Gasteiger partial charge on any atom is -0.494 e. The van der Waals surface area contributed by atoms with E-state index in [0.717, 1.165) is 10.5 Å². The first kappa shape index (κ1) is 23.9. The molecule has 1 heterocycles. The van der Waals surface area contributed by atoms with Gasteiger partial charge in [-0.05, 0) is 55.7 Å². The number of nitrogens with one attached hydrogen (secondary N) is 2. The first-order valence-electron chi connectivity index (χ1n) is 10.7. The summed E-state index contributed by atoms with van der Waals surface area (Å²) in [7, 11) is 3.12. The molecule has 2 aromatic carbocycles. The van der Waals surface area contributed by atoms with Gasteiger partial charge in [-0.15, -0.1) is 0 Å². The lowest BCUT2D eigenvalue weighted by Crippen LogP contribution is -2.43. The summed E-state index contributed by atoms with van der Waals surface area (Å²) in [6.07, 6.45) is 0.552. The van der Waals surface area contributed by atoms with E-state index in [-0.39, 0.29) is 6.54 Å². The molecule has 3 rings (SSSR count). The van der Waals surface area contributed by atoms with Gasteiger partial charge in [0.15, 0.2) is 11.5 Å². The molecule has 1 fully saturated rings. The van der Waals surface area contributed by atoms with Gasteiger partial charge in [0.05, 0.1) is 20.8 Å². The van der Waals surface area contributed by atoms with E-state index in [1.165, 1.54) is 0 Å². The summed E-state index contributed by atoms with van der Waals surface area (Å²) in [4.78, 5) is 38.8. The highest BCUT2D eigenvalue weighted by molar-refractivity contribution is 6.09. The second-order valence-corrected chi connectivity index (χ2v) is 7.69. The van der Waals surface area contributed by atoms with Gasteiger partial charge in [-0.1, -0.05) is 18.2 Å². The molecule has 9 nitrogen and oxygen atoms in total. The van der Waals surface area contributed by atoms with E-state index in [2.05, 4.69) is 10.6 Å². The summed E-state index contributed by atoms with van der Waals surface area (Å²) in [6, 6.07) is 11.9. The Labute approximate surface area is 193 Å². The number of benzene rings is 2. The fourth-order valence-corrected chi connectivity index (χ4v) is 3.67. The van der Waals surface area contributed by atoms with Crippen LogP contribution in [0.15, 0.2) is 42.5 Å². The fourth-order valence-electron chi connectivity index (χ4n) is 3.67. The molecule has 33 heavy (non-hydrogen) atoms. The SMILES string of the molecule is CCOc1ccc([C@]2(C)NC(=O)N(CC(=O)NCCc3ccc(OC)c(OC)c3)C2=O)cc1. The van der Waals surface area contributed by atoms with Crippen molar-refractivity contribution in [2.45, 2.75) is 25.8 Å². The molecule has 0 aliphatic carbocycles. The average molecular weight is 456 g/mol. The van der Waals surface area contributed by atoms with E-state index >= 15 is 0 Å². The van der Waals surface area contributed by atoms with Crippen molar-refractivity contribution in [3.05, 3.63) is 53.6 Å². The quantitative estimate of drug-likeness (QED) is 0.532. The summed E-state index contributed by atoms with van der Waals surface area (Å²) >= 11 is 0. The molecule has 0 aromatic heterocycles. The number of carbonyl (C=O) groups is 3. The first-order valence-corrected chi connectivity index (χ1v) is 10.7. The van der Waals surface area contributed by atoms with Crippen LogP contribution in [0.5, 0.6) is 17.2 Å². The summed E-state index contributed by atoms with van der Waals surface area (Å²) in [5, 5.41) is 5.45. The lowest BCUT2D eigenvalue weighted by atomic mass is 9.92. The third-order valence-corrected chi connectivity index (χ3v) is 5.50. The maximum absolute atomic E-state index is 13.0.